The first-order valence-electron chi connectivity index (χ1n) is 9.40. The highest BCUT2D eigenvalue weighted by atomic mass is 32.1. The van der Waals surface area contributed by atoms with E-state index in [2.05, 4.69) is 10.4 Å². The van der Waals surface area contributed by atoms with E-state index in [4.69, 9.17) is 4.74 Å². The van der Waals surface area contributed by atoms with E-state index in [1.54, 1.807) is 24.4 Å². The summed E-state index contributed by atoms with van der Waals surface area (Å²) in [6.45, 7) is 7.69. The van der Waals surface area contributed by atoms with Gasteiger partial charge in [-0.1, -0.05) is 26.0 Å². The lowest BCUT2D eigenvalue weighted by atomic mass is 10.1. The Kier molecular flexibility index (Phi) is 6.12. The number of hydrogen-bond acceptors (Lipinski definition) is 6. The second-order valence-corrected chi connectivity index (χ2v) is 8.00. The number of anilines is 1. The van der Waals surface area contributed by atoms with Crippen LogP contribution in [0.1, 0.15) is 43.2 Å². The van der Waals surface area contributed by atoms with Gasteiger partial charge in [-0.3, -0.25) is 9.59 Å². The van der Waals surface area contributed by atoms with Gasteiger partial charge < -0.3 is 10.1 Å². The molecule has 152 valence electrons. The Morgan fingerprint density at radius 1 is 1.31 bits per heavy atom. The molecule has 0 saturated heterocycles. The number of nitrogens with one attached hydrogen (secondary N) is 1. The number of thiophene rings is 1. The number of hydrogen-bond donors (Lipinski definition) is 1. The Bertz CT molecular complexity index is 1130. The van der Waals surface area contributed by atoms with Crippen LogP contribution in [-0.2, 0) is 9.53 Å². The predicted octanol–water partition coefficient (Wildman–Crippen LogP) is 3.92. The van der Waals surface area contributed by atoms with Gasteiger partial charge in [0.2, 0.25) is 5.91 Å². The number of aryl methyl sites for hydroxylation is 1. The summed E-state index contributed by atoms with van der Waals surface area (Å²) in [5.74, 6) is -0.613. The Morgan fingerprint density at radius 3 is 2.72 bits per heavy atom. The van der Waals surface area contributed by atoms with Crippen molar-refractivity contribution in [3.05, 3.63) is 51.3 Å². The number of benzene rings is 1. The number of aromatic nitrogens is 2. The van der Waals surface area contributed by atoms with Crippen LogP contribution in [-0.4, -0.2) is 28.3 Å². The van der Waals surface area contributed by atoms with Crippen LogP contribution in [0.4, 0.5) is 5.00 Å². The van der Waals surface area contributed by atoms with Gasteiger partial charge in [0, 0.05) is 17.2 Å². The maximum absolute atomic E-state index is 13.3. The molecule has 8 heteroatoms. The Balaban J connectivity index is 2.22. The maximum atomic E-state index is 13.3. The second-order valence-electron chi connectivity index (χ2n) is 7.12. The first kappa shape index (κ1) is 20.7. The number of esters is 1. The van der Waals surface area contributed by atoms with E-state index in [0.29, 0.717) is 22.5 Å². The van der Waals surface area contributed by atoms with Crippen molar-refractivity contribution < 1.29 is 14.3 Å². The summed E-state index contributed by atoms with van der Waals surface area (Å²) >= 11 is 1.20. The lowest BCUT2D eigenvalue weighted by Gasteiger charge is -2.10. The molecule has 0 aliphatic heterocycles. The van der Waals surface area contributed by atoms with Crippen molar-refractivity contribution in [2.24, 2.45) is 5.92 Å². The average molecular weight is 413 g/mol. The number of amides is 1. The minimum absolute atomic E-state index is 0.0450. The topological polar surface area (TPSA) is 90.3 Å². The van der Waals surface area contributed by atoms with Gasteiger partial charge in [-0.25, -0.2) is 4.79 Å². The highest BCUT2D eigenvalue weighted by Crippen LogP contribution is 2.31. The van der Waals surface area contributed by atoms with Crippen molar-refractivity contribution in [2.45, 2.75) is 34.1 Å². The molecule has 7 nitrogen and oxygen atoms in total. The lowest BCUT2D eigenvalue weighted by Crippen LogP contribution is -2.25. The molecule has 0 atom stereocenters. The molecule has 3 aromatic rings. The van der Waals surface area contributed by atoms with Gasteiger partial charge in [-0.05, 0) is 37.5 Å². The zero-order valence-electron chi connectivity index (χ0n) is 16.8. The number of ether oxygens (including phenoxy) is 1. The third-order valence-electron chi connectivity index (χ3n) is 4.21. The van der Waals surface area contributed by atoms with Gasteiger partial charge in [0.1, 0.15) is 5.00 Å². The zero-order chi connectivity index (χ0) is 21.1. The summed E-state index contributed by atoms with van der Waals surface area (Å²) in [6.07, 6.45) is 0.335. The molecule has 0 radical (unpaired) electrons. The van der Waals surface area contributed by atoms with E-state index < -0.39 is 11.5 Å². The number of nitrogens with zero attached hydrogens (tertiary/aromatic N) is 2. The number of rotatable bonds is 6. The largest absolute Gasteiger partial charge is 0.461 e. The Morgan fingerprint density at radius 2 is 2.07 bits per heavy atom. The number of carbonyl (C=O) groups excluding carboxylic acids is 2. The fraction of sp³-hybridized carbons (Fsp3) is 0.333. The summed E-state index contributed by atoms with van der Waals surface area (Å²) in [5, 5.41) is 9.80. The van der Waals surface area contributed by atoms with E-state index in [1.165, 1.54) is 16.0 Å². The minimum Gasteiger partial charge on any atom is -0.461 e. The molecule has 0 fully saturated rings. The molecule has 2 aromatic heterocycles. The molecule has 0 aliphatic rings. The average Bonchev–Trinajstić information content (AvgIpc) is 3.05. The van der Waals surface area contributed by atoms with Gasteiger partial charge in [0.15, 0.2) is 5.69 Å². The quantitative estimate of drug-likeness (QED) is 0.619. The number of carbonyl (C=O) groups is 2. The molecule has 0 spiro atoms. The van der Waals surface area contributed by atoms with E-state index >= 15 is 0 Å². The highest BCUT2D eigenvalue weighted by Gasteiger charge is 2.23. The Hall–Kier alpha value is -3.00. The van der Waals surface area contributed by atoms with Crippen LogP contribution in [0.2, 0.25) is 0 Å². The molecule has 1 aromatic carbocycles. The first-order valence-corrected chi connectivity index (χ1v) is 10.3. The Labute approximate surface area is 172 Å². The van der Waals surface area contributed by atoms with Crippen LogP contribution in [0.3, 0.4) is 0 Å². The molecule has 2 heterocycles. The third kappa shape index (κ3) is 4.37. The van der Waals surface area contributed by atoms with E-state index in [1.807, 2.05) is 32.9 Å². The summed E-state index contributed by atoms with van der Waals surface area (Å²) in [5.41, 5.74) is 1.13. The second kappa shape index (κ2) is 8.57. The van der Waals surface area contributed by atoms with Gasteiger partial charge in [-0.15, -0.1) is 11.3 Å². The lowest BCUT2D eigenvalue weighted by molar-refractivity contribution is -0.116. The van der Waals surface area contributed by atoms with Crippen LogP contribution in [0.15, 0.2) is 34.4 Å². The van der Waals surface area contributed by atoms with Crippen LogP contribution in [0.25, 0.3) is 16.5 Å². The molecule has 1 amide bonds. The molecule has 1 N–H and O–H groups in total. The summed E-state index contributed by atoms with van der Waals surface area (Å²) in [7, 11) is 0. The molecular formula is C21H23N3O4S. The van der Waals surface area contributed by atoms with Crippen molar-refractivity contribution in [3.8, 4) is 5.69 Å². The van der Waals surface area contributed by atoms with Crippen molar-refractivity contribution in [1.82, 2.24) is 9.78 Å². The highest BCUT2D eigenvalue weighted by molar-refractivity contribution is 7.16. The van der Waals surface area contributed by atoms with E-state index in [0.717, 1.165) is 5.56 Å². The monoisotopic (exact) mass is 413 g/mol. The van der Waals surface area contributed by atoms with Crippen LogP contribution in [0, 0.1) is 12.8 Å². The fourth-order valence-corrected chi connectivity index (χ4v) is 3.93. The SMILES string of the molecule is CCOC(=O)c1nn(-c2cccc(C)c2)c(=O)c2c(NC(=O)CC(C)C)scc12. The van der Waals surface area contributed by atoms with Gasteiger partial charge in [0.05, 0.1) is 17.7 Å². The summed E-state index contributed by atoms with van der Waals surface area (Å²) in [6, 6.07) is 7.26. The molecular weight excluding hydrogens is 390 g/mol. The molecule has 0 bridgehead atoms. The van der Waals surface area contributed by atoms with Crippen molar-refractivity contribution in [2.75, 3.05) is 11.9 Å². The van der Waals surface area contributed by atoms with Gasteiger partial charge in [-0.2, -0.15) is 9.78 Å². The van der Waals surface area contributed by atoms with Gasteiger partial charge >= 0.3 is 5.97 Å². The van der Waals surface area contributed by atoms with Crippen LogP contribution >= 0.6 is 11.3 Å². The smallest absolute Gasteiger partial charge is 0.359 e. The number of fused-ring (bicyclic) bond motifs is 1. The van der Waals surface area contributed by atoms with Crippen LogP contribution in [0.5, 0.6) is 0 Å². The molecule has 0 aliphatic carbocycles. The predicted molar refractivity (Wildman–Crippen MR) is 114 cm³/mol. The fourth-order valence-electron chi connectivity index (χ4n) is 2.98. The zero-order valence-corrected chi connectivity index (χ0v) is 17.6. The summed E-state index contributed by atoms with van der Waals surface area (Å²) < 4.78 is 6.32. The van der Waals surface area contributed by atoms with E-state index in [9.17, 15) is 14.4 Å². The van der Waals surface area contributed by atoms with Crippen molar-refractivity contribution in [3.63, 3.8) is 0 Å². The van der Waals surface area contributed by atoms with E-state index in [-0.39, 0.29) is 29.5 Å². The third-order valence-corrected chi connectivity index (χ3v) is 5.11. The molecule has 0 saturated carbocycles. The molecule has 0 unspecified atom stereocenters. The molecule has 29 heavy (non-hydrogen) atoms. The standard InChI is InChI=1S/C21H23N3O4S/c1-5-28-21(27)18-15-11-29-19(22-16(25)9-12(2)3)17(15)20(26)24(23-18)14-8-6-7-13(4)10-14/h6-8,10-12H,5,9H2,1-4H3,(H,22,25). The van der Waals surface area contributed by atoms with Gasteiger partial charge in [0.25, 0.3) is 5.56 Å². The molecule has 3 rings (SSSR count). The first-order chi connectivity index (χ1) is 13.8. The minimum atomic E-state index is -0.614. The van der Waals surface area contributed by atoms with Crippen LogP contribution < -0.4 is 10.9 Å². The van der Waals surface area contributed by atoms with Crippen molar-refractivity contribution in [1.29, 1.82) is 0 Å². The maximum Gasteiger partial charge on any atom is 0.359 e. The summed E-state index contributed by atoms with van der Waals surface area (Å²) in [4.78, 5) is 38.1. The normalized spacial score (nSPS) is 11.1. The van der Waals surface area contributed by atoms with Crippen molar-refractivity contribution >= 4 is 39.0 Å².